The fourth-order valence-electron chi connectivity index (χ4n) is 2.97. The highest BCUT2D eigenvalue weighted by molar-refractivity contribution is 6.03. The monoisotopic (exact) mass is 379 g/mol. The van der Waals surface area contributed by atoms with E-state index in [0.29, 0.717) is 16.7 Å². The molecule has 6 heteroatoms. The van der Waals surface area contributed by atoms with E-state index in [2.05, 4.69) is 0 Å². The topological polar surface area (TPSA) is 76.8 Å². The summed E-state index contributed by atoms with van der Waals surface area (Å²) in [6, 6.07) is 13.9. The van der Waals surface area contributed by atoms with Gasteiger partial charge in [0.05, 0.1) is 5.39 Å². The number of hydrogen-bond acceptors (Lipinski definition) is 5. The van der Waals surface area contributed by atoms with Gasteiger partial charge in [0.25, 0.3) is 5.91 Å². The summed E-state index contributed by atoms with van der Waals surface area (Å²) in [5.74, 6) is -0.661. The van der Waals surface area contributed by atoms with Gasteiger partial charge in [-0.15, -0.1) is 0 Å². The molecule has 0 fully saturated rings. The molecule has 1 amide bonds. The molecule has 0 unspecified atom stereocenters. The number of esters is 1. The summed E-state index contributed by atoms with van der Waals surface area (Å²) in [4.78, 5) is 38.9. The number of carbonyl (C=O) groups excluding carboxylic acids is 2. The minimum Gasteiger partial charge on any atom is -0.455 e. The van der Waals surface area contributed by atoms with E-state index in [0.717, 1.165) is 5.56 Å². The average Bonchev–Trinajstić information content (AvgIpc) is 2.70. The Kier molecular flexibility index (Phi) is 5.31. The number of ether oxygens (including phenoxy) is 1. The fourth-order valence-corrected chi connectivity index (χ4v) is 2.97. The Morgan fingerprint density at radius 3 is 2.36 bits per heavy atom. The van der Waals surface area contributed by atoms with E-state index in [1.165, 1.54) is 17.9 Å². The number of likely N-dealkylation sites (N-methyl/N-ethyl adjacent to an activating group) is 1. The predicted octanol–water partition coefficient (Wildman–Crippen LogP) is 3.40. The van der Waals surface area contributed by atoms with Gasteiger partial charge in [0.2, 0.25) is 0 Å². The summed E-state index contributed by atoms with van der Waals surface area (Å²) in [6.45, 7) is 3.19. The number of para-hydroxylation sites is 1. The molecule has 0 radical (unpaired) electrons. The first-order chi connectivity index (χ1) is 13.3. The van der Waals surface area contributed by atoms with Crippen LogP contribution in [0.2, 0.25) is 0 Å². The average molecular weight is 379 g/mol. The molecule has 3 aromatic rings. The summed E-state index contributed by atoms with van der Waals surface area (Å²) in [7, 11) is 3.16. The molecular weight excluding hydrogens is 358 g/mol. The molecule has 0 aliphatic rings. The Morgan fingerprint density at radius 1 is 1.04 bits per heavy atom. The molecule has 1 aromatic heterocycles. The minimum absolute atomic E-state index is 0.102. The molecule has 6 nitrogen and oxygen atoms in total. The van der Waals surface area contributed by atoms with Crippen molar-refractivity contribution in [2.45, 2.75) is 20.0 Å². The second-order valence-corrected chi connectivity index (χ2v) is 6.71. The van der Waals surface area contributed by atoms with Gasteiger partial charge in [-0.3, -0.25) is 9.59 Å². The Morgan fingerprint density at radius 2 is 1.71 bits per heavy atom. The molecule has 0 saturated heterocycles. The largest absolute Gasteiger partial charge is 0.455 e. The van der Waals surface area contributed by atoms with Gasteiger partial charge in [-0.2, -0.15) is 0 Å². The maximum atomic E-state index is 12.8. The zero-order chi connectivity index (χ0) is 20.4. The van der Waals surface area contributed by atoms with E-state index in [1.54, 1.807) is 33.2 Å². The van der Waals surface area contributed by atoms with E-state index < -0.39 is 12.1 Å². The summed E-state index contributed by atoms with van der Waals surface area (Å²) in [5.41, 5.74) is 1.22. The van der Waals surface area contributed by atoms with E-state index in [4.69, 9.17) is 9.15 Å². The van der Waals surface area contributed by atoms with Crippen molar-refractivity contribution in [3.8, 4) is 11.3 Å². The first kappa shape index (κ1) is 19.4. The Bertz CT molecular complexity index is 1100. The Balaban J connectivity index is 2.12. The molecule has 3 rings (SSSR count). The molecule has 0 aliphatic heterocycles. The van der Waals surface area contributed by atoms with Crippen LogP contribution in [0.25, 0.3) is 22.3 Å². The third-order valence-electron chi connectivity index (χ3n) is 4.47. The second-order valence-electron chi connectivity index (χ2n) is 6.71. The normalized spacial score (nSPS) is 11.9. The van der Waals surface area contributed by atoms with Gasteiger partial charge in [0, 0.05) is 25.2 Å². The van der Waals surface area contributed by atoms with Gasteiger partial charge in [0.1, 0.15) is 11.3 Å². The lowest BCUT2D eigenvalue weighted by atomic mass is 10.0. The van der Waals surface area contributed by atoms with E-state index in [1.807, 2.05) is 30.3 Å². The Labute approximate surface area is 162 Å². The highest BCUT2D eigenvalue weighted by Crippen LogP contribution is 2.27. The predicted molar refractivity (Wildman–Crippen MR) is 106 cm³/mol. The summed E-state index contributed by atoms with van der Waals surface area (Å²) in [6.07, 6.45) is -0.955. The van der Waals surface area contributed by atoms with Gasteiger partial charge >= 0.3 is 5.97 Å². The molecule has 28 heavy (non-hydrogen) atoms. The molecule has 0 aliphatic carbocycles. The van der Waals surface area contributed by atoms with Gasteiger partial charge in [-0.25, -0.2) is 4.79 Å². The van der Waals surface area contributed by atoms with Crippen molar-refractivity contribution in [2.24, 2.45) is 0 Å². The maximum Gasteiger partial charge on any atom is 0.342 e. The van der Waals surface area contributed by atoms with E-state index >= 15 is 0 Å². The zero-order valence-corrected chi connectivity index (χ0v) is 16.2. The lowest BCUT2D eigenvalue weighted by Crippen LogP contribution is -2.35. The molecule has 0 bridgehead atoms. The molecule has 144 valence electrons. The van der Waals surface area contributed by atoms with Crippen molar-refractivity contribution in [1.29, 1.82) is 0 Å². The van der Waals surface area contributed by atoms with Crippen molar-refractivity contribution >= 4 is 22.8 Å². The van der Waals surface area contributed by atoms with Crippen LogP contribution in [0.3, 0.4) is 0 Å². The molecule has 2 aromatic carbocycles. The summed E-state index contributed by atoms with van der Waals surface area (Å²) < 4.78 is 11.3. The molecule has 0 N–H and O–H groups in total. The van der Waals surface area contributed by atoms with Crippen molar-refractivity contribution in [2.75, 3.05) is 14.1 Å². The lowest BCUT2D eigenvalue weighted by molar-refractivity contribution is -0.137. The number of carbonyl (C=O) groups is 2. The van der Waals surface area contributed by atoms with Crippen molar-refractivity contribution in [1.82, 2.24) is 4.90 Å². The van der Waals surface area contributed by atoms with Crippen LogP contribution >= 0.6 is 0 Å². The van der Waals surface area contributed by atoms with E-state index in [-0.39, 0.29) is 22.5 Å². The van der Waals surface area contributed by atoms with Crippen LogP contribution in [-0.2, 0) is 9.53 Å². The quantitative estimate of drug-likeness (QED) is 0.650. The van der Waals surface area contributed by atoms with Gasteiger partial charge in [-0.05, 0) is 26.0 Å². The van der Waals surface area contributed by atoms with Crippen LogP contribution in [0.5, 0.6) is 0 Å². The maximum absolute atomic E-state index is 12.8. The SMILES string of the molecule is Cc1c(-c2ccccc2)oc2c(C(=O)O[C@H](C)C(=O)N(C)C)cccc2c1=O. The third kappa shape index (κ3) is 3.53. The molecule has 0 saturated carbocycles. The highest BCUT2D eigenvalue weighted by atomic mass is 16.5. The standard InChI is InChI=1S/C22H21NO5/c1-13-18(24)16-11-8-12-17(22(26)27-14(2)21(25)23(3)4)20(16)28-19(13)15-9-6-5-7-10-15/h5-12,14H,1-4H3/t14-/m1/s1. The number of nitrogens with zero attached hydrogens (tertiary/aromatic N) is 1. The lowest BCUT2D eigenvalue weighted by Gasteiger charge is -2.17. The first-order valence-electron chi connectivity index (χ1n) is 8.85. The van der Waals surface area contributed by atoms with Crippen molar-refractivity contribution in [3.05, 3.63) is 69.9 Å². The molecule has 1 atom stereocenters. The van der Waals surface area contributed by atoms with E-state index in [9.17, 15) is 14.4 Å². The van der Waals surface area contributed by atoms with Crippen LogP contribution in [-0.4, -0.2) is 37.0 Å². The smallest absolute Gasteiger partial charge is 0.342 e. The van der Waals surface area contributed by atoms with Gasteiger partial charge in [0.15, 0.2) is 17.1 Å². The van der Waals surface area contributed by atoms with Crippen molar-refractivity contribution in [3.63, 3.8) is 0 Å². The zero-order valence-electron chi connectivity index (χ0n) is 16.2. The van der Waals surface area contributed by atoms with Crippen LogP contribution in [0.4, 0.5) is 0 Å². The first-order valence-corrected chi connectivity index (χ1v) is 8.85. The van der Waals surface area contributed by atoms with Crippen LogP contribution < -0.4 is 5.43 Å². The van der Waals surface area contributed by atoms with Crippen LogP contribution in [0, 0.1) is 6.92 Å². The minimum atomic E-state index is -0.955. The van der Waals surface area contributed by atoms with Gasteiger partial charge < -0.3 is 14.1 Å². The summed E-state index contributed by atoms with van der Waals surface area (Å²) >= 11 is 0. The Hall–Kier alpha value is -3.41. The highest BCUT2D eigenvalue weighted by Gasteiger charge is 2.24. The number of rotatable bonds is 4. The van der Waals surface area contributed by atoms with Gasteiger partial charge in [-0.1, -0.05) is 36.4 Å². The fraction of sp³-hybridized carbons (Fsp3) is 0.227. The molecular formula is C22H21NO5. The molecule has 1 heterocycles. The number of hydrogen-bond donors (Lipinski definition) is 0. The van der Waals surface area contributed by atoms with Crippen molar-refractivity contribution < 1.29 is 18.7 Å². The second kappa shape index (κ2) is 7.68. The number of fused-ring (bicyclic) bond motifs is 1. The third-order valence-corrected chi connectivity index (χ3v) is 4.47. The molecule has 0 spiro atoms. The number of amides is 1. The van der Waals surface area contributed by atoms with Crippen LogP contribution in [0.1, 0.15) is 22.8 Å². The number of benzene rings is 2. The van der Waals surface area contributed by atoms with Crippen LogP contribution in [0.15, 0.2) is 57.7 Å². The summed E-state index contributed by atoms with van der Waals surface area (Å²) in [5, 5.41) is 0.290.